The molecular formula is C4H4F4O4S. The van der Waals surface area contributed by atoms with Gasteiger partial charge in [0.05, 0.1) is 0 Å². The van der Waals surface area contributed by atoms with Crippen LogP contribution < -0.4 is 0 Å². The second-order valence-corrected chi connectivity index (χ2v) is 2.89. The van der Waals surface area contributed by atoms with Gasteiger partial charge in [-0.3, -0.25) is 0 Å². The van der Waals surface area contributed by atoms with Crippen LogP contribution in [0.25, 0.3) is 0 Å². The Hall–Kier alpha value is -0.830. The van der Waals surface area contributed by atoms with Gasteiger partial charge in [-0.1, -0.05) is 0 Å². The zero-order chi connectivity index (χ0) is 10.5. The predicted octanol–water partition coefficient (Wildman–Crippen LogP) is 1.27. The number of rotatable bonds is 4. The van der Waals surface area contributed by atoms with E-state index in [2.05, 4.69) is 8.37 Å². The van der Waals surface area contributed by atoms with E-state index < -0.39 is 23.2 Å². The fraction of sp³-hybridized carbons (Fsp3) is 0.500. The van der Waals surface area contributed by atoms with Crippen molar-refractivity contribution in [2.45, 2.75) is 6.18 Å². The van der Waals surface area contributed by atoms with Gasteiger partial charge < -0.3 is 4.18 Å². The second kappa shape index (κ2) is 4.42. The van der Waals surface area contributed by atoms with Crippen molar-refractivity contribution in [1.29, 1.82) is 0 Å². The normalized spacial score (nSPS) is 13.5. The van der Waals surface area contributed by atoms with Crippen LogP contribution in [-0.2, 0) is 18.8 Å². The maximum Gasteiger partial charge on any atom is 0.448 e. The van der Waals surface area contributed by atoms with E-state index in [0.717, 1.165) is 0 Å². The summed E-state index contributed by atoms with van der Waals surface area (Å²) >= 11 is 0. The van der Waals surface area contributed by atoms with Crippen LogP contribution in [0.1, 0.15) is 0 Å². The first-order valence-corrected chi connectivity index (χ1v) is 4.00. The van der Waals surface area contributed by atoms with Crippen LogP contribution in [0.15, 0.2) is 12.6 Å². The Labute approximate surface area is 71.1 Å². The highest BCUT2D eigenvalue weighted by molar-refractivity contribution is 7.81. The lowest BCUT2D eigenvalue weighted by molar-refractivity contribution is -0.153. The average Bonchev–Trinajstić information content (AvgIpc) is 1.97. The summed E-state index contributed by atoms with van der Waals surface area (Å²) in [6, 6.07) is 0. The van der Waals surface area contributed by atoms with Gasteiger partial charge in [-0.25, -0.2) is 8.57 Å². The molecule has 0 bridgehead atoms. The molecule has 0 heterocycles. The standard InChI is InChI=1S/C4H4F4O4S/c5-1-2-11-13(9,10)12-3-4(6,7)8/h1-2H,3H2. The van der Waals surface area contributed by atoms with Crippen molar-refractivity contribution < 1.29 is 34.3 Å². The lowest BCUT2D eigenvalue weighted by Gasteiger charge is -2.05. The largest absolute Gasteiger partial charge is 0.448 e. The fourth-order valence-corrected chi connectivity index (χ4v) is 0.767. The van der Waals surface area contributed by atoms with Crippen molar-refractivity contribution in [2.75, 3.05) is 6.61 Å². The van der Waals surface area contributed by atoms with Crippen molar-refractivity contribution in [2.24, 2.45) is 0 Å². The molecule has 13 heavy (non-hydrogen) atoms. The monoisotopic (exact) mass is 224 g/mol. The molecule has 0 unspecified atom stereocenters. The van der Waals surface area contributed by atoms with E-state index in [1.807, 2.05) is 0 Å². The highest BCUT2D eigenvalue weighted by Crippen LogP contribution is 2.16. The summed E-state index contributed by atoms with van der Waals surface area (Å²) in [5, 5.41) is 0. The Kier molecular flexibility index (Phi) is 4.14. The van der Waals surface area contributed by atoms with Crippen LogP contribution >= 0.6 is 0 Å². The quantitative estimate of drug-likeness (QED) is 0.533. The van der Waals surface area contributed by atoms with Gasteiger partial charge in [0.2, 0.25) is 0 Å². The van der Waals surface area contributed by atoms with Crippen molar-refractivity contribution in [1.82, 2.24) is 0 Å². The lowest BCUT2D eigenvalue weighted by atomic mass is 10.7. The summed E-state index contributed by atoms with van der Waals surface area (Å²) < 4.78 is 72.6. The molecule has 0 aliphatic rings. The minimum Gasteiger partial charge on any atom is -0.367 e. The van der Waals surface area contributed by atoms with E-state index in [-0.39, 0.29) is 12.6 Å². The Morgan fingerprint density at radius 3 is 2.23 bits per heavy atom. The number of halogens is 4. The van der Waals surface area contributed by atoms with Gasteiger partial charge >= 0.3 is 16.6 Å². The molecule has 0 atom stereocenters. The fourth-order valence-electron chi connectivity index (χ4n) is 0.256. The average molecular weight is 224 g/mol. The molecular weight excluding hydrogens is 220 g/mol. The maximum atomic E-state index is 11.4. The summed E-state index contributed by atoms with van der Waals surface area (Å²) in [7, 11) is -4.82. The molecule has 9 heteroatoms. The SMILES string of the molecule is O=S(=O)(OC=CF)OCC(F)(F)F. The first-order valence-electron chi connectivity index (χ1n) is 2.66. The number of hydrogen-bond donors (Lipinski definition) is 0. The summed E-state index contributed by atoms with van der Waals surface area (Å²) in [6.45, 7) is -2.02. The molecule has 0 radical (unpaired) electrons. The molecule has 0 fully saturated rings. The van der Waals surface area contributed by atoms with Crippen LogP contribution in [0, 0.1) is 0 Å². The highest BCUT2D eigenvalue weighted by Gasteiger charge is 2.31. The topological polar surface area (TPSA) is 52.6 Å². The minimum atomic E-state index is -4.82. The van der Waals surface area contributed by atoms with Gasteiger partial charge in [-0.05, 0) is 0 Å². The van der Waals surface area contributed by atoms with Gasteiger partial charge in [-0.15, -0.1) is 0 Å². The molecule has 0 aromatic rings. The maximum absolute atomic E-state index is 11.4. The van der Waals surface area contributed by atoms with E-state index in [0.29, 0.717) is 0 Å². The summed E-state index contributed by atoms with van der Waals surface area (Å²) in [5.41, 5.74) is 0. The lowest BCUT2D eigenvalue weighted by Crippen LogP contribution is -2.20. The molecule has 0 amide bonds. The minimum absolute atomic E-state index is 0.0334. The zero-order valence-electron chi connectivity index (χ0n) is 5.91. The number of hydrogen-bond acceptors (Lipinski definition) is 4. The summed E-state index contributed by atoms with van der Waals surface area (Å²) in [4.78, 5) is 0. The van der Waals surface area contributed by atoms with Crippen LogP contribution in [0.5, 0.6) is 0 Å². The Bertz CT molecular complexity index is 266. The third kappa shape index (κ3) is 7.53. The molecule has 0 spiro atoms. The molecule has 0 saturated heterocycles. The van der Waals surface area contributed by atoms with Gasteiger partial charge in [0.1, 0.15) is 12.6 Å². The summed E-state index contributed by atoms with van der Waals surface area (Å²) in [6.07, 6.45) is -5.07. The van der Waals surface area contributed by atoms with Gasteiger partial charge in [0, 0.05) is 0 Å². The van der Waals surface area contributed by atoms with Crippen molar-refractivity contribution in [3.8, 4) is 0 Å². The predicted molar refractivity (Wildman–Crippen MR) is 32.3 cm³/mol. The van der Waals surface area contributed by atoms with E-state index in [4.69, 9.17) is 0 Å². The zero-order valence-corrected chi connectivity index (χ0v) is 6.73. The Morgan fingerprint density at radius 2 is 1.85 bits per heavy atom. The molecule has 0 rings (SSSR count). The van der Waals surface area contributed by atoms with Gasteiger partial charge in [-0.2, -0.15) is 21.6 Å². The van der Waals surface area contributed by atoms with Crippen LogP contribution in [0.2, 0.25) is 0 Å². The molecule has 4 nitrogen and oxygen atoms in total. The van der Waals surface area contributed by atoms with E-state index in [1.54, 1.807) is 0 Å². The third-order valence-corrected chi connectivity index (χ3v) is 1.35. The highest BCUT2D eigenvalue weighted by atomic mass is 32.3. The van der Waals surface area contributed by atoms with Gasteiger partial charge in [0.25, 0.3) is 0 Å². The van der Waals surface area contributed by atoms with Crippen molar-refractivity contribution in [3.63, 3.8) is 0 Å². The Morgan fingerprint density at radius 1 is 1.31 bits per heavy atom. The van der Waals surface area contributed by atoms with Crippen LogP contribution in [0.4, 0.5) is 17.6 Å². The van der Waals surface area contributed by atoms with E-state index in [9.17, 15) is 26.0 Å². The molecule has 0 aromatic carbocycles. The first-order chi connectivity index (χ1) is 5.77. The molecule has 0 aliphatic heterocycles. The van der Waals surface area contributed by atoms with E-state index in [1.165, 1.54) is 0 Å². The Balaban J connectivity index is 4.05. The van der Waals surface area contributed by atoms with E-state index >= 15 is 0 Å². The van der Waals surface area contributed by atoms with Crippen LogP contribution in [0.3, 0.4) is 0 Å². The summed E-state index contributed by atoms with van der Waals surface area (Å²) in [5.74, 6) is 0. The molecule has 78 valence electrons. The third-order valence-electron chi connectivity index (χ3n) is 0.592. The molecule has 0 N–H and O–H groups in total. The first kappa shape index (κ1) is 12.2. The molecule has 0 aliphatic carbocycles. The molecule has 0 aromatic heterocycles. The molecule has 0 saturated carbocycles. The van der Waals surface area contributed by atoms with Crippen molar-refractivity contribution >= 4 is 10.4 Å². The number of alkyl halides is 3. The van der Waals surface area contributed by atoms with Crippen LogP contribution in [-0.4, -0.2) is 21.2 Å². The van der Waals surface area contributed by atoms with Gasteiger partial charge in [0.15, 0.2) is 6.61 Å². The smallest absolute Gasteiger partial charge is 0.367 e. The second-order valence-electron chi connectivity index (χ2n) is 1.64. The van der Waals surface area contributed by atoms with Crippen molar-refractivity contribution in [3.05, 3.63) is 12.6 Å².